The third-order valence-corrected chi connectivity index (χ3v) is 4.49. The number of hydrogen-bond acceptors (Lipinski definition) is 4. The molecule has 5 heteroatoms. The lowest BCUT2D eigenvalue weighted by Crippen LogP contribution is -2.60. The van der Waals surface area contributed by atoms with Gasteiger partial charge in [0, 0.05) is 24.7 Å². The number of thiophene rings is 1. The monoisotopic (exact) mass is 289 g/mol. The van der Waals surface area contributed by atoms with Crippen molar-refractivity contribution in [2.24, 2.45) is 5.41 Å². The van der Waals surface area contributed by atoms with E-state index in [1.54, 1.807) is 11.3 Å². The average Bonchev–Trinajstić information content (AvgIpc) is 2.79. The molecular weight excluding hydrogens is 270 g/mol. The van der Waals surface area contributed by atoms with E-state index in [2.05, 4.69) is 26.6 Å². The van der Waals surface area contributed by atoms with Crippen LogP contribution in [-0.4, -0.2) is 30.0 Å². The van der Waals surface area contributed by atoms with Gasteiger partial charge in [-0.3, -0.25) is 9.78 Å². The first-order chi connectivity index (χ1) is 9.45. The molecule has 106 valence electrons. The molecule has 0 saturated carbocycles. The number of nitrogens with zero attached hydrogens (tertiary/aromatic N) is 2. The predicted molar refractivity (Wildman–Crippen MR) is 83.2 cm³/mol. The third-order valence-electron chi connectivity index (χ3n) is 3.56. The second-order valence-corrected chi connectivity index (χ2v) is 7.21. The Labute approximate surface area is 122 Å². The molecule has 20 heavy (non-hydrogen) atoms. The van der Waals surface area contributed by atoms with Gasteiger partial charge in [0.05, 0.1) is 21.9 Å². The minimum Gasteiger partial charge on any atom is -0.366 e. The highest BCUT2D eigenvalue weighted by molar-refractivity contribution is 7.17. The molecule has 1 saturated heterocycles. The molecule has 0 unspecified atom stereocenters. The molecule has 2 aromatic heterocycles. The van der Waals surface area contributed by atoms with Crippen molar-refractivity contribution in [1.82, 2.24) is 10.3 Å². The van der Waals surface area contributed by atoms with E-state index >= 15 is 0 Å². The molecule has 0 radical (unpaired) electrons. The lowest BCUT2D eigenvalue weighted by molar-refractivity contribution is -0.129. The molecule has 0 aromatic carbocycles. The number of hydrogen-bond donors (Lipinski definition) is 1. The van der Waals surface area contributed by atoms with Crippen molar-refractivity contribution in [3.63, 3.8) is 0 Å². The predicted octanol–water partition coefficient (Wildman–Crippen LogP) is 2.65. The van der Waals surface area contributed by atoms with Crippen LogP contribution in [0.4, 0.5) is 5.69 Å². The zero-order chi connectivity index (χ0) is 14.3. The first kappa shape index (κ1) is 13.4. The van der Waals surface area contributed by atoms with E-state index < -0.39 is 0 Å². The van der Waals surface area contributed by atoms with Crippen LogP contribution >= 0.6 is 11.3 Å². The summed E-state index contributed by atoms with van der Waals surface area (Å²) in [6, 6.07) is 4.35. The number of amides is 1. The molecule has 1 fully saturated rings. The van der Waals surface area contributed by atoms with E-state index in [1.165, 1.54) is 10.4 Å². The molecule has 1 aliphatic heterocycles. The second kappa shape index (κ2) is 4.74. The van der Waals surface area contributed by atoms with Crippen LogP contribution in [0.1, 0.15) is 20.8 Å². The highest BCUT2D eigenvalue weighted by atomic mass is 32.1. The van der Waals surface area contributed by atoms with Crippen molar-refractivity contribution in [2.45, 2.75) is 26.8 Å². The highest BCUT2D eigenvalue weighted by Gasteiger charge is 2.32. The maximum Gasteiger partial charge on any atom is 0.225 e. The molecule has 1 aliphatic rings. The van der Waals surface area contributed by atoms with Gasteiger partial charge in [-0.05, 0) is 17.5 Å². The summed E-state index contributed by atoms with van der Waals surface area (Å²) in [6.07, 6.45) is 1.85. The number of aromatic nitrogens is 1. The normalized spacial score (nSPS) is 16.2. The van der Waals surface area contributed by atoms with Crippen LogP contribution in [0.3, 0.4) is 0 Å². The van der Waals surface area contributed by atoms with Gasteiger partial charge >= 0.3 is 0 Å². The number of anilines is 1. The van der Waals surface area contributed by atoms with Gasteiger partial charge < -0.3 is 10.2 Å². The Hall–Kier alpha value is -1.62. The first-order valence-corrected chi connectivity index (χ1v) is 7.71. The number of pyridine rings is 1. The van der Waals surface area contributed by atoms with E-state index in [0.29, 0.717) is 0 Å². The molecule has 0 aliphatic carbocycles. The minimum absolute atomic E-state index is 0.123. The van der Waals surface area contributed by atoms with E-state index in [0.717, 1.165) is 18.6 Å². The van der Waals surface area contributed by atoms with Gasteiger partial charge in [-0.1, -0.05) is 20.8 Å². The smallest absolute Gasteiger partial charge is 0.225 e. The molecule has 3 rings (SSSR count). The largest absolute Gasteiger partial charge is 0.366 e. The topological polar surface area (TPSA) is 45.2 Å². The Morgan fingerprint density at radius 3 is 2.85 bits per heavy atom. The Balaban J connectivity index is 1.66. The Bertz CT molecular complexity index is 638. The number of rotatable bonds is 2. The molecular formula is C15H19N3OS. The zero-order valence-electron chi connectivity index (χ0n) is 12.0. The summed E-state index contributed by atoms with van der Waals surface area (Å²) in [5.41, 5.74) is 1.96. The maximum atomic E-state index is 11.9. The molecule has 0 spiro atoms. The zero-order valence-corrected chi connectivity index (χ0v) is 12.8. The molecule has 1 N–H and O–H groups in total. The Morgan fingerprint density at radius 1 is 1.40 bits per heavy atom. The number of nitrogens with one attached hydrogen (secondary N) is 1. The summed E-state index contributed by atoms with van der Waals surface area (Å²) in [5.74, 6) is 0.123. The van der Waals surface area contributed by atoms with Gasteiger partial charge in [0.1, 0.15) is 0 Å². The van der Waals surface area contributed by atoms with Crippen molar-refractivity contribution in [3.05, 3.63) is 23.7 Å². The van der Waals surface area contributed by atoms with Gasteiger partial charge in [0.15, 0.2) is 0 Å². The van der Waals surface area contributed by atoms with Crippen LogP contribution in [0.15, 0.2) is 23.7 Å². The van der Waals surface area contributed by atoms with Crippen LogP contribution < -0.4 is 10.2 Å². The van der Waals surface area contributed by atoms with Crippen molar-refractivity contribution < 1.29 is 4.79 Å². The van der Waals surface area contributed by atoms with Gasteiger partial charge in [0.25, 0.3) is 0 Å². The lowest BCUT2D eigenvalue weighted by atomic mass is 9.94. The molecule has 2 aromatic rings. The van der Waals surface area contributed by atoms with Gasteiger partial charge in [0.2, 0.25) is 5.91 Å². The number of carbonyl (C=O) groups excluding carboxylic acids is 1. The molecule has 3 heterocycles. The fourth-order valence-corrected chi connectivity index (χ4v) is 3.17. The van der Waals surface area contributed by atoms with Crippen molar-refractivity contribution in [2.75, 3.05) is 18.0 Å². The molecule has 1 amide bonds. The van der Waals surface area contributed by atoms with Gasteiger partial charge in [-0.25, -0.2) is 0 Å². The van der Waals surface area contributed by atoms with Crippen LogP contribution in [0.25, 0.3) is 10.2 Å². The summed E-state index contributed by atoms with van der Waals surface area (Å²) in [4.78, 5) is 18.6. The quantitative estimate of drug-likeness (QED) is 0.924. The maximum absolute atomic E-state index is 11.9. The standard InChI is InChI=1S/C15H19N3OS/c1-15(2,3)14(19)17-10-8-18(9-10)12-4-6-16-11-5-7-20-13(11)12/h4-7,10H,8-9H2,1-3H3,(H,17,19). The van der Waals surface area contributed by atoms with Gasteiger partial charge in [-0.15, -0.1) is 11.3 Å². The fourth-order valence-electron chi connectivity index (χ4n) is 2.28. The lowest BCUT2D eigenvalue weighted by Gasteiger charge is -2.42. The fraction of sp³-hybridized carbons (Fsp3) is 0.467. The van der Waals surface area contributed by atoms with E-state index in [-0.39, 0.29) is 17.4 Å². The first-order valence-electron chi connectivity index (χ1n) is 6.83. The van der Waals surface area contributed by atoms with E-state index in [9.17, 15) is 4.79 Å². The minimum atomic E-state index is -0.321. The van der Waals surface area contributed by atoms with Crippen molar-refractivity contribution in [3.8, 4) is 0 Å². The summed E-state index contributed by atoms with van der Waals surface area (Å²) in [6.45, 7) is 7.57. The van der Waals surface area contributed by atoms with Crippen molar-refractivity contribution in [1.29, 1.82) is 0 Å². The molecule has 0 bridgehead atoms. The average molecular weight is 289 g/mol. The molecule has 4 nitrogen and oxygen atoms in total. The third kappa shape index (κ3) is 2.38. The van der Waals surface area contributed by atoms with Crippen LogP contribution in [0.5, 0.6) is 0 Å². The number of carbonyl (C=O) groups is 1. The number of fused-ring (bicyclic) bond motifs is 1. The van der Waals surface area contributed by atoms with Crippen LogP contribution in [0.2, 0.25) is 0 Å². The highest BCUT2D eigenvalue weighted by Crippen LogP contribution is 2.32. The van der Waals surface area contributed by atoms with Crippen molar-refractivity contribution >= 4 is 33.1 Å². The Morgan fingerprint density at radius 2 is 2.15 bits per heavy atom. The second-order valence-electron chi connectivity index (χ2n) is 6.29. The molecule has 0 atom stereocenters. The summed E-state index contributed by atoms with van der Waals surface area (Å²) < 4.78 is 1.23. The van der Waals surface area contributed by atoms with Gasteiger partial charge in [-0.2, -0.15) is 0 Å². The summed E-state index contributed by atoms with van der Waals surface area (Å²) in [7, 11) is 0. The Kier molecular flexibility index (Phi) is 3.17. The van der Waals surface area contributed by atoms with Crippen LogP contribution in [0, 0.1) is 5.41 Å². The van der Waals surface area contributed by atoms with E-state index in [4.69, 9.17) is 0 Å². The summed E-state index contributed by atoms with van der Waals surface area (Å²) in [5, 5.41) is 5.17. The summed E-state index contributed by atoms with van der Waals surface area (Å²) >= 11 is 1.72. The van der Waals surface area contributed by atoms with E-state index in [1.807, 2.05) is 33.0 Å². The SMILES string of the molecule is CC(C)(C)C(=O)NC1CN(c2ccnc3ccsc23)C1. The van der Waals surface area contributed by atoms with Crippen LogP contribution in [-0.2, 0) is 4.79 Å².